The first-order chi connectivity index (χ1) is 4.18. The molecule has 0 N–H and O–H groups in total. The van der Waals surface area contributed by atoms with E-state index in [1.165, 1.54) is 22.9 Å². The van der Waals surface area contributed by atoms with Crippen LogP contribution in [-0.2, 0) is 0 Å². The molecular weight excluding hydrogens is 222 g/mol. The van der Waals surface area contributed by atoms with Crippen molar-refractivity contribution in [3.8, 4) is 0 Å². The molecule has 1 aromatic heterocycles. The third-order valence-electron chi connectivity index (χ3n) is 0.681. The molecule has 0 fully saturated rings. The summed E-state index contributed by atoms with van der Waals surface area (Å²) in [5, 5.41) is 0.795. The summed E-state index contributed by atoms with van der Waals surface area (Å²) in [6.07, 6.45) is 0. The predicted molar refractivity (Wildman–Crippen MR) is 40.2 cm³/mol. The first-order valence-electron chi connectivity index (χ1n) is 2.14. The van der Waals surface area contributed by atoms with Crippen LogP contribution < -0.4 is 4.61 Å². The molecular formula is C4H3AsCl2N2. The zero-order valence-corrected chi connectivity index (χ0v) is 8.24. The molecule has 2 nitrogen and oxygen atoms in total. The monoisotopic (exact) mass is 224 g/mol. The van der Waals surface area contributed by atoms with Gasteiger partial charge in [0.25, 0.3) is 0 Å². The number of rotatable bonds is 0. The predicted octanol–water partition coefficient (Wildman–Crippen LogP) is 0.0418. The van der Waals surface area contributed by atoms with Crippen LogP contribution >= 0.6 is 23.2 Å². The molecule has 0 saturated heterocycles. The number of halogens is 2. The van der Waals surface area contributed by atoms with Crippen molar-refractivity contribution in [2.45, 2.75) is 0 Å². The Kier molecular flexibility index (Phi) is 2.34. The van der Waals surface area contributed by atoms with Gasteiger partial charge in [0.05, 0.1) is 0 Å². The van der Waals surface area contributed by atoms with E-state index in [0.29, 0.717) is 14.9 Å². The quantitative estimate of drug-likeness (QED) is 0.460. The molecule has 0 aromatic carbocycles. The molecule has 0 bridgehead atoms. The number of aromatic nitrogens is 2. The van der Waals surface area contributed by atoms with E-state index in [9.17, 15) is 0 Å². The van der Waals surface area contributed by atoms with Gasteiger partial charge in [-0.05, 0) is 0 Å². The topological polar surface area (TPSA) is 25.8 Å². The van der Waals surface area contributed by atoms with Gasteiger partial charge >= 0.3 is 71.0 Å². The SMILES string of the molecule is Clc1cc(Cl)nc([AsH2])n1. The van der Waals surface area contributed by atoms with Crippen molar-refractivity contribution in [1.29, 1.82) is 0 Å². The molecule has 0 aliphatic heterocycles. The zero-order valence-electron chi connectivity index (χ0n) is 4.31. The van der Waals surface area contributed by atoms with E-state index < -0.39 is 0 Å². The fraction of sp³-hybridized carbons (Fsp3) is 0. The fourth-order valence-corrected chi connectivity index (χ4v) is 1.77. The van der Waals surface area contributed by atoms with Crippen molar-refractivity contribution in [3.05, 3.63) is 16.4 Å². The Morgan fingerprint density at radius 1 is 1.22 bits per heavy atom. The van der Waals surface area contributed by atoms with Gasteiger partial charge in [-0.3, -0.25) is 0 Å². The van der Waals surface area contributed by atoms with E-state index in [1.54, 1.807) is 0 Å². The van der Waals surface area contributed by atoms with Crippen molar-refractivity contribution in [2.24, 2.45) is 0 Å². The van der Waals surface area contributed by atoms with E-state index in [2.05, 4.69) is 9.97 Å². The molecule has 1 atom stereocenters. The Balaban J connectivity index is 3.17. The summed E-state index contributed by atoms with van der Waals surface area (Å²) in [6, 6.07) is 1.51. The third kappa shape index (κ3) is 2.13. The summed E-state index contributed by atoms with van der Waals surface area (Å²) in [6.45, 7) is 0. The molecule has 0 aliphatic rings. The van der Waals surface area contributed by atoms with Crippen molar-refractivity contribution in [2.75, 3.05) is 0 Å². The molecule has 5 heteroatoms. The number of hydrogen-bond donors (Lipinski definition) is 0. The molecule has 1 aromatic rings. The summed E-state index contributed by atoms with van der Waals surface area (Å²) < 4.78 is 0.653. The standard InChI is InChI=1S/C4H3AsCl2N2/c5-4-8-2(6)1-3(7)9-4/h1H,5H2. The maximum atomic E-state index is 5.52. The van der Waals surface area contributed by atoms with E-state index >= 15 is 0 Å². The van der Waals surface area contributed by atoms with Gasteiger partial charge in [-0.1, -0.05) is 0 Å². The van der Waals surface area contributed by atoms with Crippen LogP contribution in [0, 0.1) is 0 Å². The summed E-state index contributed by atoms with van der Waals surface area (Å²) in [5.41, 5.74) is 0. The summed E-state index contributed by atoms with van der Waals surface area (Å²) in [5.74, 6) is 0. The second-order valence-electron chi connectivity index (χ2n) is 1.37. The normalized spacial score (nSPS) is 9.67. The van der Waals surface area contributed by atoms with Crippen LogP contribution in [0.25, 0.3) is 0 Å². The molecule has 1 heterocycles. The van der Waals surface area contributed by atoms with E-state index in [0.717, 1.165) is 0 Å². The summed E-state index contributed by atoms with van der Waals surface area (Å²) in [4.78, 5) is 7.66. The molecule has 48 valence electrons. The zero-order chi connectivity index (χ0) is 6.85. The second kappa shape index (κ2) is 2.87. The molecule has 9 heavy (non-hydrogen) atoms. The van der Waals surface area contributed by atoms with Crippen molar-refractivity contribution in [3.63, 3.8) is 0 Å². The summed E-state index contributed by atoms with van der Waals surface area (Å²) in [7, 11) is 0. The molecule has 0 amide bonds. The van der Waals surface area contributed by atoms with Gasteiger partial charge in [-0.25, -0.2) is 0 Å². The van der Waals surface area contributed by atoms with Crippen LogP contribution in [-0.4, -0.2) is 26.8 Å². The van der Waals surface area contributed by atoms with Gasteiger partial charge < -0.3 is 0 Å². The van der Waals surface area contributed by atoms with E-state index in [4.69, 9.17) is 23.2 Å². The van der Waals surface area contributed by atoms with Gasteiger partial charge in [0.15, 0.2) is 0 Å². The number of nitrogens with zero attached hydrogens (tertiary/aromatic N) is 2. The average Bonchev–Trinajstić information content (AvgIpc) is 1.59. The van der Waals surface area contributed by atoms with Gasteiger partial charge in [0.2, 0.25) is 0 Å². The van der Waals surface area contributed by atoms with E-state index in [1.807, 2.05) is 0 Å². The second-order valence-corrected chi connectivity index (χ2v) is 3.23. The van der Waals surface area contributed by atoms with Gasteiger partial charge in [-0.15, -0.1) is 0 Å². The summed E-state index contributed by atoms with van der Waals surface area (Å²) >= 11 is 12.4. The molecule has 1 unspecified atom stereocenters. The molecule has 0 spiro atoms. The van der Waals surface area contributed by atoms with Gasteiger partial charge in [-0.2, -0.15) is 0 Å². The van der Waals surface area contributed by atoms with Crippen LogP contribution in [0.1, 0.15) is 0 Å². The third-order valence-corrected chi connectivity index (χ3v) is 1.61. The minimum atomic E-state index is 0.398. The van der Waals surface area contributed by atoms with Crippen molar-refractivity contribution >= 4 is 44.7 Å². The first-order valence-corrected chi connectivity index (χ1v) is 4.11. The first kappa shape index (κ1) is 7.33. The maximum absolute atomic E-state index is 5.52. The number of hydrogen-bond acceptors (Lipinski definition) is 2. The average molecular weight is 225 g/mol. The van der Waals surface area contributed by atoms with Crippen LogP contribution in [0.5, 0.6) is 0 Å². The van der Waals surface area contributed by atoms with Gasteiger partial charge in [0.1, 0.15) is 0 Å². The van der Waals surface area contributed by atoms with Crippen LogP contribution in [0.4, 0.5) is 0 Å². The Morgan fingerprint density at radius 2 is 1.67 bits per heavy atom. The molecule has 0 aliphatic carbocycles. The van der Waals surface area contributed by atoms with Gasteiger partial charge in [0, 0.05) is 0 Å². The molecule has 1 rings (SSSR count). The van der Waals surface area contributed by atoms with Crippen LogP contribution in [0.15, 0.2) is 6.07 Å². The van der Waals surface area contributed by atoms with Crippen molar-refractivity contribution < 1.29 is 0 Å². The molecule has 0 saturated carbocycles. The Hall–Kier alpha value is 0.218. The Bertz CT molecular complexity index is 177. The van der Waals surface area contributed by atoms with E-state index in [-0.39, 0.29) is 0 Å². The van der Waals surface area contributed by atoms with Crippen molar-refractivity contribution in [1.82, 2.24) is 9.97 Å². The Labute approximate surface area is 71.1 Å². The molecule has 0 radical (unpaired) electrons. The minimum absolute atomic E-state index is 0.398. The Morgan fingerprint density at radius 3 is 2.00 bits per heavy atom. The van der Waals surface area contributed by atoms with Crippen LogP contribution in [0.2, 0.25) is 10.3 Å². The fourth-order valence-electron chi connectivity index (χ4n) is 0.407. The van der Waals surface area contributed by atoms with Crippen LogP contribution in [0.3, 0.4) is 0 Å².